The molecule has 8 heteroatoms. The lowest BCUT2D eigenvalue weighted by molar-refractivity contribution is 0.00282. The fourth-order valence-electron chi connectivity index (χ4n) is 3.58. The van der Waals surface area contributed by atoms with Gasteiger partial charge in [0.15, 0.2) is 5.17 Å². The van der Waals surface area contributed by atoms with E-state index in [2.05, 4.69) is 21.2 Å². The highest BCUT2D eigenvalue weighted by molar-refractivity contribution is 9.10. The summed E-state index contributed by atoms with van der Waals surface area (Å²) in [5.74, 6) is -0.933. The number of fused-ring (bicyclic) bond motifs is 1. The molecule has 2 aromatic rings. The molecule has 1 N–H and O–H groups in total. The van der Waals surface area contributed by atoms with Crippen LogP contribution in [0.2, 0.25) is 0 Å². The smallest absolute Gasteiger partial charge is 0.257 e. The van der Waals surface area contributed by atoms with Crippen molar-refractivity contribution in [3.8, 4) is 0 Å². The molecule has 0 bridgehead atoms. The van der Waals surface area contributed by atoms with Crippen LogP contribution >= 0.6 is 27.7 Å². The maximum atomic E-state index is 14.8. The summed E-state index contributed by atoms with van der Waals surface area (Å²) in [4.78, 5) is 17.3. The standard InChI is InChI=1S/C20H17BrF2N2O2S/c21-15-8-14(16(22)9-17(15)23)20-11-27-7-6-13(20)10-28-19(25-20)24-18(26)12-4-2-1-3-5-12/h1-5,8-9,13H,6-7,10-11H2,(H,24,25,26). The van der Waals surface area contributed by atoms with Crippen LogP contribution in [0.4, 0.5) is 8.78 Å². The number of halogens is 3. The number of aliphatic imine (C=N–C) groups is 1. The van der Waals surface area contributed by atoms with Crippen molar-refractivity contribution in [1.29, 1.82) is 0 Å². The molecule has 4 nitrogen and oxygen atoms in total. The van der Waals surface area contributed by atoms with Crippen molar-refractivity contribution in [3.63, 3.8) is 0 Å². The molecule has 146 valence electrons. The molecule has 1 saturated heterocycles. The van der Waals surface area contributed by atoms with Gasteiger partial charge in [0.2, 0.25) is 0 Å². The molecule has 2 unspecified atom stereocenters. The minimum atomic E-state index is -0.997. The number of carbonyl (C=O) groups excluding carboxylic acids is 1. The number of amidine groups is 1. The molecule has 2 heterocycles. The molecule has 2 aliphatic heterocycles. The van der Waals surface area contributed by atoms with Gasteiger partial charge in [-0.15, -0.1) is 0 Å². The zero-order chi connectivity index (χ0) is 19.7. The van der Waals surface area contributed by atoms with E-state index in [1.54, 1.807) is 24.3 Å². The highest BCUT2D eigenvalue weighted by Crippen LogP contribution is 2.46. The maximum absolute atomic E-state index is 14.8. The van der Waals surface area contributed by atoms with Crippen molar-refractivity contribution in [1.82, 2.24) is 5.32 Å². The van der Waals surface area contributed by atoms with Gasteiger partial charge in [0.25, 0.3) is 5.91 Å². The van der Waals surface area contributed by atoms with Gasteiger partial charge in [0, 0.05) is 35.5 Å². The first-order valence-corrected chi connectivity index (χ1v) is 10.6. The van der Waals surface area contributed by atoms with E-state index in [1.807, 2.05) is 6.07 Å². The van der Waals surface area contributed by atoms with E-state index in [0.717, 1.165) is 6.07 Å². The van der Waals surface area contributed by atoms with Crippen molar-refractivity contribution in [2.45, 2.75) is 12.0 Å². The van der Waals surface area contributed by atoms with Gasteiger partial charge in [-0.1, -0.05) is 30.0 Å². The Morgan fingerprint density at radius 1 is 1.25 bits per heavy atom. The largest absolute Gasteiger partial charge is 0.379 e. The number of carbonyl (C=O) groups is 1. The van der Waals surface area contributed by atoms with Gasteiger partial charge in [-0.25, -0.2) is 13.8 Å². The molecule has 1 fully saturated rings. The van der Waals surface area contributed by atoms with Gasteiger partial charge in [-0.3, -0.25) is 4.79 Å². The first-order valence-electron chi connectivity index (χ1n) is 8.81. The molecular weight excluding hydrogens is 450 g/mol. The number of hydrogen-bond acceptors (Lipinski definition) is 4. The second kappa shape index (κ2) is 7.93. The van der Waals surface area contributed by atoms with E-state index in [0.29, 0.717) is 29.5 Å². The molecule has 0 spiro atoms. The Hall–Kier alpha value is -1.77. The van der Waals surface area contributed by atoms with Crippen molar-refractivity contribution in [3.05, 3.63) is 69.7 Å². The average Bonchev–Trinajstić information content (AvgIpc) is 2.71. The number of nitrogens with one attached hydrogen (secondary N) is 1. The highest BCUT2D eigenvalue weighted by Gasteiger charge is 2.48. The zero-order valence-electron chi connectivity index (χ0n) is 14.8. The fraction of sp³-hybridized carbons (Fsp3) is 0.300. The van der Waals surface area contributed by atoms with Crippen LogP contribution in [-0.2, 0) is 10.3 Å². The lowest BCUT2D eigenvalue weighted by atomic mass is 9.76. The first kappa shape index (κ1) is 19.5. The van der Waals surface area contributed by atoms with Crippen molar-refractivity contribution < 1.29 is 18.3 Å². The minimum Gasteiger partial charge on any atom is -0.379 e. The van der Waals surface area contributed by atoms with Crippen molar-refractivity contribution >= 4 is 38.8 Å². The van der Waals surface area contributed by atoms with Gasteiger partial charge in [0.1, 0.15) is 17.2 Å². The minimum absolute atomic E-state index is 0.0236. The molecule has 2 aromatic carbocycles. The Labute approximate surface area is 173 Å². The van der Waals surface area contributed by atoms with E-state index in [1.165, 1.54) is 17.8 Å². The Bertz CT molecular complexity index is 941. The third kappa shape index (κ3) is 3.60. The number of nitrogens with zero attached hydrogens (tertiary/aromatic N) is 1. The molecule has 0 aromatic heterocycles. The summed E-state index contributed by atoms with van der Waals surface area (Å²) in [6.07, 6.45) is 0.713. The van der Waals surface area contributed by atoms with Crippen LogP contribution in [0, 0.1) is 17.6 Å². The summed E-state index contributed by atoms with van der Waals surface area (Å²) in [6.45, 7) is 0.746. The Kier molecular flexibility index (Phi) is 5.53. The van der Waals surface area contributed by atoms with E-state index >= 15 is 0 Å². The van der Waals surface area contributed by atoms with E-state index in [4.69, 9.17) is 9.73 Å². The number of amides is 1. The second-order valence-electron chi connectivity index (χ2n) is 6.76. The van der Waals surface area contributed by atoms with Crippen molar-refractivity contribution in [2.75, 3.05) is 19.0 Å². The predicted molar refractivity (Wildman–Crippen MR) is 108 cm³/mol. The third-order valence-electron chi connectivity index (χ3n) is 5.06. The number of hydrogen-bond donors (Lipinski definition) is 1. The maximum Gasteiger partial charge on any atom is 0.257 e. The molecule has 0 aliphatic carbocycles. The van der Waals surface area contributed by atoms with Gasteiger partial charge < -0.3 is 10.1 Å². The van der Waals surface area contributed by atoms with Gasteiger partial charge in [-0.05, 0) is 40.5 Å². The molecular formula is C20H17BrF2N2O2S. The molecule has 2 atom stereocenters. The normalized spacial score (nSPS) is 24.2. The van der Waals surface area contributed by atoms with Crippen LogP contribution in [-0.4, -0.2) is 30.0 Å². The first-order chi connectivity index (χ1) is 13.5. The highest BCUT2D eigenvalue weighted by atomic mass is 79.9. The predicted octanol–water partition coefficient (Wildman–Crippen LogP) is 4.49. The van der Waals surface area contributed by atoms with E-state index in [9.17, 15) is 13.6 Å². The monoisotopic (exact) mass is 466 g/mol. The number of rotatable bonds is 2. The van der Waals surface area contributed by atoms with E-state index in [-0.39, 0.29) is 28.5 Å². The van der Waals surface area contributed by atoms with Gasteiger partial charge in [-0.2, -0.15) is 0 Å². The summed E-state index contributed by atoms with van der Waals surface area (Å²) in [5.41, 5.74) is -0.210. The Balaban J connectivity index is 1.73. The molecule has 2 aliphatic rings. The summed E-state index contributed by atoms with van der Waals surface area (Å²) in [6, 6.07) is 11.1. The van der Waals surface area contributed by atoms with Gasteiger partial charge in [0.05, 0.1) is 11.1 Å². The SMILES string of the molecule is O=C(NC1=NC2(c3cc(Br)c(F)cc3F)COCCC2CS1)c1ccccc1. The van der Waals surface area contributed by atoms with Crippen LogP contribution in [0.25, 0.3) is 0 Å². The molecule has 0 saturated carbocycles. The Morgan fingerprint density at radius 3 is 2.82 bits per heavy atom. The average molecular weight is 467 g/mol. The number of ether oxygens (including phenoxy) is 1. The topological polar surface area (TPSA) is 50.7 Å². The van der Waals surface area contributed by atoms with Crippen LogP contribution in [0.3, 0.4) is 0 Å². The molecule has 4 rings (SSSR count). The number of thioether (sulfide) groups is 1. The summed E-state index contributed by atoms with van der Waals surface area (Å²) in [7, 11) is 0. The number of benzene rings is 2. The molecule has 0 radical (unpaired) electrons. The lowest BCUT2D eigenvalue weighted by Crippen LogP contribution is -2.49. The summed E-state index contributed by atoms with van der Waals surface area (Å²) in [5, 5.41) is 3.23. The quantitative estimate of drug-likeness (QED) is 0.663. The fourth-order valence-corrected chi connectivity index (χ4v) is 5.12. The van der Waals surface area contributed by atoms with Crippen LogP contribution < -0.4 is 5.32 Å². The van der Waals surface area contributed by atoms with Crippen LogP contribution in [0.5, 0.6) is 0 Å². The Morgan fingerprint density at radius 2 is 2.04 bits per heavy atom. The van der Waals surface area contributed by atoms with Gasteiger partial charge >= 0.3 is 0 Å². The molecule has 28 heavy (non-hydrogen) atoms. The zero-order valence-corrected chi connectivity index (χ0v) is 17.2. The lowest BCUT2D eigenvalue weighted by Gasteiger charge is -2.44. The summed E-state index contributed by atoms with van der Waals surface area (Å²) < 4.78 is 34.4. The van der Waals surface area contributed by atoms with Crippen LogP contribution in [0.15, 0.2) is 51.9 Å². The van der Waals surface area contributed by atoms with Crippen LogP contribution in [0.1, 0.15) is 22.3 Å². The molecule has 1 amide bonds. The van der Waals surface area contributed by atoms with Crippen molar-refractivity contribution in [2.24, 2.45) is 10.9 Å². The summed E-state index contributed by atoms with van der Waals surface area (Å²) >= 11 is 4.57. The van der Waals surface area contributed by atoms with E-state index < -0.39 is 17.2 Å². The second-order valence-corrected chi connectivity index (χ2v) is 8.62. The third-order valence-corrected chi connectivity index (χ3v) is 6.71.